The number of carboxylic acid groups (broad SMARTS) is 1. The zero-order valence-corrected chi connectivity index (χ0v) is 35.6. The number of quaternary nitrogens is 1. The minimum atomic E-state index is -1.13. The highest BCUT2D eigenvalue weighted by Crippen LogP contribution is 2.13. The van der Waals surface area contributed by atoms with E-state index in [2.05, 4.69) is 86.8 Å². The summed E-state index contributed by atoms with van der Waals surface area (Å²) in [7, 11) is 5.39. The fourth-order valence-corrected chi connectivity index (χ4v) is 5.80. The van der Waals surface area contributed by atoms with Crippen molar-refractivity contribution >= 4 is 17.9 Å². The fourth-order valence-electron chi connectivity index (χ4n) is 5.80. The molecule has 0 aliphatic carbocycles. The third kappa shape index (κ3) is 36.2. The number of hydrogen-bond donors (Lipinski definition) is 0. The minimum absolute atomic E-state index is 0.0263. The van der Waals surface area contributed by atoms with Crippen molar-refractivity contribution in [3.63, 3.8) is 0 Å². The number of unbranched alkanes of at least 4 members (excludes halogenated alkanes) is 11. The van der Waals surface area contributed by atoms with E-state index in [4.69, 9.17) is 14.2 Å². The molecule has 0 radical (unpaired) electrons. The normalized spacial score (nSPS) is 13.7. The first kappa shape index (κ1) is 51.8. The van der Waals surface area contributed by atoms with Crippen LogP contribution in [0.15, 0.2) is 72.9 Å². The first-order valence-electron chi connectivity index (χ1n) is 21.5. The highest BCUT2D eigenvalue weighted by Gasteiger charge is 2.25. The number of carbonyl (C=O) groups is 3. The molecular formula is C47H79NO7. The van der Waals surface area contributed by atoms with Crippen molar-refractivity contribution in [3.8, 4) is 0 Å². The average Bonchev–Trinajstić information content (AvgIpc) is 3.14. The molecule has 0 N–H and O–H groups in total. The second-order valence-electron chi connectivity index (χ2n) is 15.2. The summed E-state index contributed by atoms with van der Waals surface area (Å²) in [4.78, 5) is 36.8. The predicted molar refractivity (Wildman–Crippen MR) is 226 cm³/mol. The topological polar surface area (TPSA) is 102 Å². The van der Waals surface area contributed by atoms with E-state index >= 15 is 0 Å². The molecule has 0 aliphatic rings. The zero-order valence-electron chi connectivity index (χ0n) is 35.6. The van der Waals surface area contributed by atoms with Gasteiger partial charge >= 0.3 is 11.9 Å². The predicted octanol–water partition coefficient (Wildman–Crippen LogP) is 10.2. The quantitative estimate of drug-likeness (QED) is 0.0268. The Morgan fingerprint density at radius 1 is 0.545 bits per heavy atom. The molecule has 0 amide bonds. The van der Waals surface area contributed by atoms with E-state index in [-0.39, 0.29) is 42.7 Å². The minimum Gasteiger partial charge on any atom is -0.544 e. The lowest BCUT2D eigenvalue weighted by atomic mass is 10.1. The van der Waals surface area contributed by atoms with Gasteiger partial charge in [-0.15, -0.1) is 0 Å². The number of rotatable bonds is 37. The Morgan fingerprint density at radius 2 is 0.964 bits per heavy atom. The molecular weight excluding hydrogens is 691 g/mol. The van der Waals surface area contributed by atoms with Gasteiger partial charge < -0.3 is 28.6 Å². The Hall–Kier alpha value is -3.23. The molecule has 0 aromatic carbocycles. The number of esters is 2. The van der Waals surface area contributed by atoms with Gasteiger partial charge in [0, 0.05) is 19.3 Å². The molecule has 0 bridgehead atoms. The van der Waals surface area contributed by atoms with Crippen molar-refractivity contribution in [2.75, 3.05) is 41.0 Å². The third-order valence-electron chi connectivity index (χ3n) is 9.09. The van der Waals surface area contributed by atoms with Gasteiger partial charge in [-0.2, -0.15) is 0 Å². The monoisotopic (exact) mass is 770 g/mol. The van der Waals surface area contributed by atoms with E-state index in [9.17, 15) is 19.5 Å². The van der Waals surface area contributed by atoms with E-state index in [1.807, 2.05) is 0 Å². The summed E-state index contributed by atoms with van der Waals surface area (Å²) >= 11 is 0. The lowest BCUT2D eigenvalue weighted by Gasteiger charge is -2.34. The second kappa shape index (κ2) is 37.7. The molecule has 314 valence electrons. The van der Waals surface area contributed by atoms with Crippen molar-refractivity contribution in [2.24, 2.45) is 0 Å². The van der Waals surface area contributed by atoms with Gasteiger partial charge in [0.1, 0.15) is 12.6 Å². The van der Waals surface area contributed by atoms with Crippen LogP contribution in [0.2, 0.25) is 0 Å². The molecule has 2 atom stereocenters. The van der Waals surface area contributed by atoms with Crippen LogP contribution in [0, 0.1) is 0 Å². The van der Waals surface area contributed by atoms with Gasteiger partial charge in [-0.3, -0.25) is 9.59 Å². The van der Waals surface area contributed by atoms with Crippen LogP contribution in [0.1, 0.15) is 155 Å². The Kier molecular flexibility index (Phi) is 35.5. The lowest BCUT2D eigenvalue weighted by Crippen LogP contribution is -2.55. The van der Waals surface area contributed by atoms with Crippen LogP contribution < -0.4 is 5.11 Å². The van der Waals surface area contributed by atoms with E-state index < -0.39 is 18.1 Å². The van der Waals surface area contributed by atoms with Gasteiger partial charge in [-0.25, -0.2) is 0 Å². The summed E-state index contributed by atoms with van der Waals surface area (Å²) in [6.07, 6.45) is 46.4. The van der Waals surface area contributed by atoms with E-state index in [0.29, 0.717) is 12.8 Å². The maximum absolute atomic E-state index is 12.7. The molecule has 0 saturated carbocycles. The first-order valence-corrected chi connectivity index (χ1v) is 21.5. The van der Waals surface area contributed by atoms with Gasteiger partial charge in [0.15, 0.2) is 6.10 Å². The molecule has 0 fully saturated rings. The van der Waals surface area contributed by atoms with E-state index in [1.54, 1.807) is 21.1 Å². The maximum Gasteiger partial charge on any atom is 0.306 e. The van der Waals surface area contributed by atoms with Gasteiger partial charge in [0.05, 0.1) is 40.3 Å². The van der Waals surface area contributed by atoms with Gasteiger partial charge in [-0.05, 0) is 77.0 Å². The SMILES string of the molecule is CC/C=C/C/C=C/C/C=C/C/C=C/CCCCCCCCC(=O)OC(COCCC(C(=O)[O-])[N+](C)(C)C)COC(=O)CCCCCCC/C=C/C/C=C/CC. The molecule has 55 heavy (non-hydrogen) atoms. The maximum atomic E-state index is 12.7. The summed E-state index contributed by atoms with van der Waals surface area (Å²) < 4.78 is 17.1. The molecule has 2 unspecified atom stereocenters. The molecule has 8 nitrogen and oxygen atoms in total. The number of likely N-dealkylation sites (N-methyl/N-ethyl adjacent to an activating group) is 1. The summed E-state index contributed by atoms with van der Waals surface area (Å²) in [5.74, 6) is -1.78. The molecule has 0 aliphatic heterocycles. The average molecular weight is 770 g/mol. The van der Waals surface area contributed by atoms with Crippen LogP contribution in [0.3, 0.4) is 0 Å². The Morgan fingerprint density at radius 3 is 1.42 bits per heavy atom. The second-order valence-corrected chi connectivity index (χ2v) is 15.2. The van der Waals surface area contributed by atoms with Crippen LogP contribution in [0.25, 0.3) is 0 Å². The number of hydrogen-bond acceptors (Lipinski definition) is 7. The molecule has 0 aromatic heterocycles. The third-order valence-corrected chi connectivity index (χ3v) is 9.09. The molecule has 8 heteroatoms. The van der Waals surface area contributed by atoms with Crippen molar-refractivity contribution in [1.29, 1.82) is 0 Å². The number of carboxylic acids is 1. The van der Waals surface area contributed by atoms with Crippen molar-refractivity contribution < 1.29 is 38.2 Å². The van der Waals surface area contributed by atoms with Crippen molar-refractivity contribution in [3.05, 3.63) is 72.9 Å². The highest BCUT2D eigenvalue weighted by atomic mass is 16.6. The van der Waals surface area contributed by atoms with Crippen molar-refractivity contribution in [1.82, 2.24) is 0 Å². The first-order chi connectivity index (χ1) is 26.6. The molecule has 0 saturated heterocycles. The fraction of sp³-hybridized carbons (Fsp3) is 0.681. The van der Waals surface area contributed by atoms with E-state index in [0.717, 1.165) is 109 Å². The van der Waals surface area contributed by atoms with Gasteiger partial charge in [0.25, 0.3) is 0 Å². The summed E-state index contributed by atoms with van der Waals surface area (Å²) in [5.41, 5.74) is 0. The van der Waals surface area contributed by atoms with E-state index in [1.165, 1.54) is 12.8 Å². The standard InChI is InChI=1S/C47H79NO7/c1-6-8-10-12-14-16-18-20-21-22-23-24-25-26-28-30-32-34-36-38-46(50)55-43(41-53-40-39-44(47(51)52)48(3,4)5)42-54-45(49)37-35-33-31-29-27-19-17-15-13-11-9-7-2/h8-11,14-17,20-21,23-24,43-44H,6-7,12-13,18-19,22,25-42H2,1-5H3/b10-8+,11-9+,16-14+,17-15+,21-20+,24-23+. The van der Waals surface area contributed by atoms with Crippen LogP contribution in [-0.2, 0) is 28.6 Å². The van der Waals surface area contributed by atoms with Gasteiger partial charge in [0.2, 0.25) is 0 Å². The Balaban J connectivity index is 4.39. The number of nitrogens with zero attached hydrogens (tertiary/aromatic N) is 1. The zero-order chi connectivity index (χ0) is 40.7. The van der Waals surface area contributed by atoms with Crippen LogP contribution in [0.4, 0.5) is 0 Å². The van der Waals surface area contributed by atoms with Crippen LogP contribution in [0.5, 0.6) is 0 Å². The highest BCUT2D eigenvalue weighted by molar-refractivity contribution is 5.70. The van der Waals surface area contributed by atoms with Crippen LogP contribution >= 0.6 is 0 Å². The van der Waals surface area contributed by atoms with Crippen molar-refractivity contribution in [2.45, 2.75) is 167 Å². The number of allylic oxidation sites excluding steroid dienone is 12. The Bertz CT molecular complexity index is 1130. The summed E-state index contributed by atoms with van der Waals surface area (Å²) in [6, 6.07) is -0.733. The van der Waals surface area contributed by atoms with Gasteiger partial charge in [-0.1, -0.05) is 132 Å². The molecule has 0 heterocycles. The van der Waals surface area contributed by atoms with Crippen LogP contribution in [-0.4, -0.2) is 75.5 Å². The number of ether oxygens (including phenoxy) is 3. The number of carbonyl (C=O) groups excluding carboxylic acids is 3. The Labute approximate surface area is 336 Å². The lowest BCUT2D eigenvalue weighted by molar-refractivity contribution is -0.889. The summed E-state index contributed by atoms with van der Waals surface area (Å²) in [6.45, 7) is 4.39. The smallest absolute Gasteiger partial charge is 0.306 e. The molecule has 0 rings (SSSR count). The number of aliphatic carboxylic acids is 1. The summed E-state index contributed by atoms with van der Waals surface area (Å²) in [5, 5.41) is 11.6. The molecule has 0 aromatic rings. The molecule has 0 spiro atoms. The largest absolute Gasteiger partial charge is 0.544 e.